The predicted octanol–water partition coefficient (Wildman–Crippen LogP) is 7.24. The summed E-state index contributed by atoms with van der Waals surface area (Å²) in [6.45, 7) is 14.1. The Morgan fingerprint density at radius 2 is 1.77 bits per heavy atom. The van der Waals surface area contributed by atoms with Gasteiger partial charge >= 0.3 is 6.09 Å². The summed E-state index contributed by atoms with van der Waals surface area (Å²) in [4.78, 5) is 62.5. The van der Waals surface area contributed by atoms with Crippen molar-refractivity contribution in [2.45, 2.75) is 87.9 Å². The molecule has 1 aliphatic heterocycles. The molecule has 320 valence electrons. The molecule has 4 amide bonds. The van der Waals surface area contributed by atoms with E-state index in [0.717, 1.165) is 16.9 Å². The number of aromatic nitrogens is 1. The van der Waals surface area contributed by atoms with Crippen LogP contribution in [-0.4, -0.2) is 85.1 Å². The van der Waals surface area contributed by atoms with Crippen LogP contribution in [0.4, 0.5) is 4.79 Å². The van der Waals surface area contributed by atoms with Crippen LogP contribution in [0, 0.1) is 11.3 Å². The standard InChI is InChI=1S/C42H47BrClN5O9S2/c1-9-24-21-42(24,38(52)48-60(54,55)33-19-28(43)35(44)59-33)47-36(50)31-18-26(22-49(31)37(51)34(40(2,3)4)46-39(53)58-41(5,6)7)57-32-20-29(23-13-11-10-12-14-23)45-30-17-25(56-8)15-16-27(30)32/h9-17,19-20,24,26,31,34H,1,18,21-22H2,2-8H3,(H,46,53)(H,47,50)(H,48,52)/t24-,26-,31+,34-,42-/m1/s1. The predicted molar refractivity (Wildman–Crippen MR) is 232 cm³/mol. The second kappa shape index (κ2) is 17.0. The highest BCUT2D eigenvalue weighted by Gasteiger charge is 2.61. The van der Waals surface area contributed by atoms with Gasteiger partial charge in [-0.15, -0.1) is 17.9 Å². The summed E-state index contributed by atoms with van der Waals surface area (Å²) in [5.74, 6) is -1.90. The van der Waals surface area contributed by atoms with Crippen LogP contribution in [0.2, 0.25) is 4.34 Å². The van der Waals surface area contributed by atoms with Crippen LogP contribution >= 0.6 is 38.9 Å². The lowest BCUT2D eigenvalue weighted by molar-refractivity contribution is -0.143. The number of hydrogen-bond acceptors (Lipinski definition) is 11. The third-order valence-corrected chi connectivity index (χ3v) is 14.4. The Bertz CT molecular complexity index is 2430. The van der Waals surface area contributed by atoms with Gasteiger partial charge < -0.3 is 29.7 Å². The van der Waals surface area contributed by atoms with Gasteiger partial charge in [0, 0.05) is 39.9 Å². The summed E-state index contributed by atoms with van der Waals surface area (Å²) in [6, 6.07) is 15.6. The average Bonchev–Trinajstić information content (AvgIpc) is 3.54. The number of thiophene rings is 1. The van der Waals surface area contributed by atoms with E-state index in [1.807, 2.05) is 36.4 Å². The third-order valence-electron chi connectivity index (χ3n) is 10.1. The number of hydrogen-bond donors (Lipinski definition) is 3. The minimum Gasteiger partial charge on any atom is -0.497 e. The van der Waals surface area contributed by atoms with E-state index in [0.29, 0.717) is 32.6 Å². The van der Waals surface area contributed by atoms with Crippen molar-refractivity contribution in [1.82, 2.24) is 25.2 Å². The van der Waals surface area contributed by atoms with Gasteiger partial charge in [-0.25, -0.2) is 22.9 Å². The third kappa shape index (κ3) is 9.74. The number of methoxy groups -OCH3 is 1. The number of carbonyl (C=O) groups is 4. The van der Waals surface area contributed by atoms with E-state index in [4.69, 9.17) is 30.8 Å². The number of halogens is 2. The number of carbonyl (C=O) groups excluding carboxylic acids is 4. The van der Waals surface area contributed by atoms with Crippen LogP contribution in [0.5, 0.6) is 11.5 Å². The number of nitrogens with one attached hydrogen (secondary N) is 3. The van der Waals surface area contributed by atoms with Gasteiger partial charge in [0.15, 0.2) is 0 Å². The fraction of sp³-hybridized carbons (Fsp3) is 0.405. The van der Waals surface area contributed by atoms with Crippen molar-refractivity contribution in [3.63, 3.8) is 0 Å². The van der Waals surface area contributed by atoms with E-state index in [1.165, 1.54) is 17.0 Å². The molecule has 1 saturated heterocycles. The highest BCUT2D eigenvalue weighted by atomic mass is 79.9. The Labute approximate surface area is 366 Å². The molecule has 0 spiro atoms. The number of pyridine rings is 1. The summed E-state index contributed by atoms with van der Waals surface area (Å²) in [6.07, 6.45) is -0.109. The largest absolute Gasteiger partial charge is 0.497 e. The summed E-state index contributed by atoms with van der Waals surface area (Å²) < 4.78 is 46.7. The van der Waals surface area contributed by atoms with E-state index < -0.39 is 74.5 Å². The monoisotopic (exact) mass is 943 g/mol. The number of nitrogens with zero attached hydrogens (tertiary/aromatic N) is 2. The normalized spacial score (nSPS) is 20.8. The van der Waals surface area contributed by atoms with Crippen molar-refractivity contribution in [3.8, 4) is 22.8 Å². The minimum atomic E-state index is -4.39. The molecule has 3 heterocycles. The van der Waals surface area contributed by atoms with Gasteiger partial charge in [-0.3, -0.25) is 14.4 Å². The Balaban J connectivity index is 1.35. The first-order chi connectivity index (χ1) is 28.0. The van der Waals surface area contributed by atoms with E-state index in [2.05, 4.69) is 37.9 Å². The molecule has 6 rings (SSSR count). The molecule has 0 unspecified atom stereocenters. The smallest absolute Gasteiger partial charge is 0.408 e. The van der Waals surface area contributed by atoms with Gasteiger partial charge in [0.2, 0.25) is 11.8 Å². The maximum Gasteiger partial charge on any atom is 0.408 e. The molecule has 1 saturated carbocycles. The van der Waals surface area contributed by atoms with E-state index in [1.54, 1.807) is 66.9 Å². The van der Waals surface area contributed by atoms with Crippen LogP contribution in [-0.2, 0) is 29.1 Å². The first kappa shape index (κ1) is 44.8. The van der Waals surface area contributed by atoms with Gasteiger partial charge in [-0.2, -0.15) is 0 Å². The van der Waals surface area contributed by atoms with Crippen LogP contribution in [0.1, 0.15) is 54.4 Å². The number of benzene rings is 2. The topological polar surface area (TPSA) is 182 Å². The van der Waals surface area contributed by atoms with Crippen molar-refractivity contribution in [2.24, 2.45) is 11.3 Å². The molecule has 18 heteroatoms. The number of fused-ring (bicyclic) bond motifs is 1. The second-order valence-electron chi connectivity index (χ2n) is 16.8. The summed E-state index contributed by atoms with van der Waals surface area (Å²) in [5, 5.41) is 6.16. The molecule has 2 fully saturated rings. The molecular formula is C42H47BrClN5O9S2. The molecule has 1 aliphatic carbocycles. The molecule has 60 heavy (non-hydrogen) atoms. The summed E-state index contributed by atoms with van der Waals surface area (Å²) in [5.41, 5.74) is -1.38. The maximum absolute atomic E-state index is 14.7. The zero-order valence-electron chi connectivity index (χ0n) is 34.1. The zero-order valence-corrected chi connectivity index (χ0v) is 38.1. The molecule has 2 aromatic carbocycles. The second-order valence-corrected chi connectivity index (χ2v) is 21.2. The van der Waals surface area contributed by atoms with Crippen LogP contribution in [0.3, 0.4) is 0 Å². The Morgan fingerprint density at radius 1 is 1.07 bits per heavy atom. The molecule has 14 nitrogen and oxygen atoms in total. The van der Waals surface area contributed by atoms with E-state index in [-0.39, 0.29) is 27.9 Å². The quantitative estimate of drug-likeness (QED) is 0.123. The van der Waals surface area contributed by atoms with Gasteiger partial charge in [-0.1, -0.05) is 68.8 Å². The number of rotatable bonds is 12. The molecule has 3 N–H and O–H groups in total. The van der Waals surface area contributed by atoms with Crippen molar-refractivity contribution in [1.29, 1.82) is 0 Å². The number of amides is 4. The van der Waals surface area contributed by atoms with Gasteiger partial charge in [0.05, 0.1) is 24.9 Å². The first-order valence-electron chi connectivity index (χ1n) is 19.0. The molecule has 2 aromatic heterocycles. The zero-order chi connectivity index (χ0) is 43.9. The number of sulfonamides is 1. The van der Waals surface area contributed by atoms with Gasteiger partial charge in [0.1, 0.15) is 49.4 Å². The highest BCUT2D eigenvalue weighted by molar-refractivity contribution is 9.10. The molecule has 2 aliphatic rings. The van der Waals surface area contributed by atoms with Crippen LogP contribution in [0.25, 0.3) is 22.2 Å². The molecule has 0 bridgehead atoms. The number of ether oxygens (including phenoxy) is 3. The first-order valence-corrected chi connectivity index (χ1v) is 22.5. The minimum absolute atomic E-state index is 0.0298. The fourth-order valence-electron chi connectivity index (χ4n) is 7.01. The van der Waals surface area contributed by atoms with Gasteiger partial charge in [-0.05, 0) is 66.7 Å². The highest BCUT2D eigenvalue weighted by Crippen LogP contribution is 2.46. The van der Waals surface area contributed by atoms with Crippen molar-refractivity contribution in [3.05, 3.63) is 82.1 Å². The van der Waals surface area contributed by atoms with Gasteiger partial charge in [0.25, 0.3) is 15.9 Å². The average molecular weight is 945 g/mol. The Hall–Kier alpha value is -4.71. The summed E-state index contributed by atoms with van der Waals surface area (Å²) >= 11 is 10.0. The lowest BCUT2D eigenvalue weighted by Crippen LogP contribution is -2.60. The molecular weight excluding hydrogens is 898 g/mol. The SMILES string of the molecule is C=C[C@@H]1C[C@]1(NC(=O)[C@@H]1C[C@@H](Oc2cc(-c3ccccc3)nc3cc(OC)ccc23)CN1C(=O)[C@@H](NC(=O)OC(C)(C)C)C(C)(C)C)C(=O)NS(=O)(=O)c1cc(Br)c(Cl)s1. The fourth-order valence-corrected chi connectivity index (χ4v) is 10.4. The molecule has 5 atom stereocenters. The number of alkyl carbamates (subject to hydrolysis) is 1. The van der Waals surface area contributed by atoms with Crippen LogP contribution < -0.4 is 24.8 Å². The maximum atomic E-state index is 14.7. The lowest BCUT2D eigenvalue weighted by atomic mass is 9.85. The number of likely N-dealkylation sites (tertiary alicyclic amines) is 1. The van der Waals surface area contributed by atoms with Crippen molar-refractivity contribution < 1.29 is 41.8 Å². The molecule has 0 radical (unpaired) electrons. The molecule has 4 aromatic rings. The van der Waals surface area contributed by atoms with Crippen molar-refractivity contribution >= 4 is 83.6 Å². The Morgan fingerprint density at radius 3 is 2.35 bits per heavy atom. The summed E-state index contributed by atoms with van der Waals surface area (Å²) in [7, 11) is -2.83. The lowest BCUT2D eigenvalue weighted by Gasteiger charge is -2.36. The van der Waals surface area contributed by atoms with E-state index in [9.17, 15) is 27.6 Å². The Kier molecular flexibility index (Phi) is 12.7. The van der Waals surface area contributed by atoms with Crippen LogP contribution in [0.15, 0.2) is 82.0 Å². The van der Waals surface area contributed by atoms with Crippen molar-refractivity contribution in [2.75, 3.05) is 13.7 Å². The van der Waals surface area contributed by atoms with E-state index >= 15 is 0 Å².